The van der Waals surface area contributed by atoms with E-state index in [-0.39, 0.29) is 17.2 Å². The summed E-state index contributed by atoms with van der Waals surface area (Å²) in [7, 11) is 3.63. The maximum Gasteiger partial charge on any atom is 0.230 e. The summed E-state index contributed by atoms with van der Waals surface area (Å²) in [4.78, 5) is 34.4. The van der Waals surface area contributed by atoms with Crippen molar-refractivity contribution in [2.24, 2.45) is 10.8 Å². The molecule has 0 bridgehead atoms. The molecular formula is C26H35N3O2. The van der Waals surface area contributed by atoms with E-state index in [0.29, 0.717) is 19.4 Å². The standard InChI is InChI=1S/C26H35N3O2/c1-25(2,3)17-23(30)29-15-9-13-26(19-29,24(31)28(4)5)16-20-10-6-7-12-22(20)21-11-8-14-27-18-21/h6-8,10-12,14,18H,9,13,15-17,19H2,1-5H3. The minimum atomic E-state index is -0.617. The van der Waals surface area contributed by atoms with Crippen molar-refractivity contribution in [1.29, 1.82) is 0 Å². The van der Waals surface area contributed by atoms with Gasteiger partial charge in [0.15, 0.2) is 0 Å². The molecule has 1 aliphatic heterocycles. The van der Waals surface area contributed by atoms with E-state index in [1.54, 1.807) is 11.1 Å². The Balaban J connectivity index is 1.96. The van der Waals surface area contributed by atoms with Crippen LogP contribution in [0.2, 0.25) is 0 Å². The number of benzene rings is 1. The maximum absolute atomic E-state index is 13.5. The molecule has 1 aliphatic rings. The molecule has 0 radical (unpaired) electrons. The monoisotopic (exact) mass is 421 g/mol. The van der Waals surface area contributed by atoms with Gasteiger partial charge < -0.3 is 9.80 Å². The van der Waals surface area contributed by atoms with Crippen molar-refractivity contribution in [2.75, 3.05) is 27.2 Å². The van der Waals surface area contributed by atoms with Crippen LogP contribution in [0.4, 0.5) is 0 Å². The van der Waals surface area contributed by atoms with E-state index in [1.165, 1.54) is 0 Å². The van der Waals surface area contributed by atoms with Gasteiger partial charge in [0.05, 0.1) is 5.41 Å². The van der Waals surface area contributed by atoms with E-state index in [1.807, 2.05) is 49.5 Å². The highest BCUT2D eigenvalue weighted by atomic mass is 16.2. The summed E-state index contributed by atoms with van der Waals surface area (Å²) in [5.74, 6) is 0.241. The molecule has 1 atom stereocenters. The molecule has 2 amide bonds. The predicted molar refractivity (Wildman–Crippen MR) is 124 cm³/mol. The number of rotatable bonds is 5. The number of aromatic nitrogens is 1. The Bertz CT molecular complexity index is 918. The van der Waals surface area contributed by atoms with Gasteiger partial charge in [0.2, 0.25) is 11.8 Å². The van der Waals surface area contributed by atoms with Gasteiger partial charge in [-0.3, -0.25) is 14.6 Å². The topological polar surface area (TPSA) is 53.5 Å². The van der Waals surface area contributed by atoms with Crippen LogP contribution >= 0.6 is 0 Å². The van der Waals surface area contributed by atoms with Crippen molar-refractivity contribution in [3.63, 3.8) is 0 Å². The first-order valence-corrected chi connectivity index (χ1v) is 11.1. The number of nitrogens with zero attached hydrogens (tertiary/aromatic N) is 3. The molecule has 2 heterocycles. The highest BCUT2D eigenvalue weighted by Crippen LogP contribution is 2.38. The van der Waals surface area contributed by atoms with E-state index in [9.17, 15) is 9.59 Å². The van der Waals surface area contributed by atoms with Crippen LogP contribution in [0.5, 0.6) is 0 Å². The number of amides is 2. The number of hydrogen-bond donors (Lipinski definition) is 0. The zero-order valence-corrected chi connectivity index (χ0v) is 19.5. The zero-order valence-electron chi connectivity index (χ0n) is 19.5. The fourth-order valence-electron chi connectivity index (χ4n) is 4.62. The molecule has 0 saturated carbocycles. The molecule has 1 fully saturated rings. The molecule has 5 heteroatoms. The van der Waals surface area contributed by atoms with Gasteiger partial charge in [-0.05, 0) is 41.9 Å². The zero-order chi connectivity index (χ0) is 22.6. The van der Waals surface area contributed by atoms with Crippen molar-refractivity contribution >= 4 is 11.8 Å². The first kappa shape index (κ1) is 23.0. The van der Waals surface area contributed by atoms with Crippen LogP contribution in [0.3, 0.4) is 0 Å². The Hall–Kier alpha value is -2.69. The average molecular weight is 422 g/mol. The molecule has 31 heavy (non-hydrogen) atoms. The summed E-state index contributed by atoms with van der Waals surface area (Å²) in [5.41, 5.74) is 2.57. The minimum absolute atomic E-state index is 0.0738. The number of carbonyl (C=O) groups is 2. The number of piperidine rings is 1. The van der Waals surface area contributed by atoms with Gasteiger partial charge in [-0.2, -0.15) is 0 Å². The average Bonchev–Trinajstić information content (AvgIpc) is 2.73. The van der Waals surface area contributed by atoms with Gasteiger partial charge in [0.25, 0.3) is 0 Å². The Kier molecular flexibility index (Phi) is 6.83. The van der Waals surface area contributed by atoms with Crippen molar-refractivity contribution in [2.45, 2.75) is 46.5 Å². The van der Waals surface area contributed by atoms with Gasteiger partial charge >= 0.3 is 0 Å². The normalized spacial score (nSPS) is 19.2. The van der Waals surface area contributed by atoms with Gasteiger partial charge in [-0.25, -0.2) is 0 Å². The van der Waals surface area contributed by atoms with Crippen LogP contribution in [0.25, 0.3) is 11.1 Å². The summed E-state index contributed by atoms with van der Waals surface area (Å²) in [6.45, 7) is 7.44. The lowest BCUT2D eigenvalue weighted by molar-refractivity contribution is -0.147. The first-order chi connectivity index (χ1) is 14.6. The minimum Gasteiger partial charge on any atom is -0.348 e. The smallest absolute Gasteiger partial charge is 0.230 e. The van der Waals surface area contributed by atoms with Crippen molar-refractivity contribution < 1.29 is 9.59 Å². The second kappa shape index (κ2) is 9.21. The molecular weight excluding hydrogens is 386 g/mol. The molecule has 0 aliphatic carbocycles. The second-order valence-corrected chi connectivity index (χ2v) is 10.2. The highest BCUT2D eigenvalue weighted by molar-refractivity contribution is 5.85. The Morgan fingerprint density at radius 1 is 1.13 bits per heavy atom. The molecule has 2 aromatic rings. The molecule has 5 nitrogen and oxygen atoms in total. The third kappa shape index (κ3) is 5.52. The van der Waals surface area contributed by atoms with E-state index in [2.05, 4.69) is 37.9 Å². The van der Waals surface area contributed by atoms with Gasteiger partial charge in [0.1, 0.15) is 0 Å². The second-order valence-electron chi connectivity index (χ2n) is 10.2. The molecule has 0 spiro atoms. The maximum atomic E-state index is 13.5. The molecule has 166 valence electrons. The molecule has 3 rings (SSSR count). The first-order valence-electron chi connectivity index (χ1n) is 11.1. The van der Waals surface area contributed by atoms with Gasteiger partial charge in [-0.1, -0.05) is 51.1 Å². The predicted octanol–water partition coefficient (Wildman–Crippen LogP) is 4.42. The van der Waals surface area contributed by atoms with Crippen LogP contribution in [0.1, 0.15) is 45.6 Å². The largest absolute Gasteiger partial charge is 0.348 e. The van der Waals surface area contributed by atoms with Crippen LogP contribution in [-0.4, -0.2) is 53.8 Å². The van der Waals surface area contributed by atoms with Crippen LogP contribution in [0.15, 0.2) is 48.8 Å². The fraction of sp³-hybridized carbons (Fsp3) is 0.500. The molecule has 1 aromatic heterocycles. The summed E-state index contributed by atoms with van der Waals surface area (Å²) < 4.78 is 0. The lowest BCUT2D eigenvalue weighted by atomic mass is 9.72. The number of hydrogen-bond acceptors (Lipinski definition) is 3. The van der Waals surface area contributed by atoms with Crippen LogP contribution in [-0.2, 0) is 16.0 Å². The van der Waals surface area contributed by atoms with Crippen molar-refractivity contribution in [3.8, 4) is 11.1 Å². The van der Waals surface area contributed by atoms with E-state index < -0.39 is 5.41 Å². The van der Waals surface area contributed by atoms with Gasteiger partial charge in [-0.15, -0.1) is 0 Å². The third-order valence-corrected chi connectivity index (χ3v) is 5.99. The number of likely N-dealkylation sites (tertiary alicyclic amines) is 1. The van der Waals surface area contributed by atoms with E-state index in [0.717, 1.165) is 36.1 Å². The lowest BCUT2D eigenvalue weighted by Crippen LogP contribution is -2.54. The summed E-state index contributed by atoms with van der Waals surface area (Å²) in [6, 6.07) is 12.2. The SMILES string of the molecule is CN(C)C(=O)C1(Cc2ccccc2-c2cccnc2)CCCN(C(=O)CC(C)(C)C)C1. The van der Waals surface area contributed by atoms with Crippen LogP contribution in [0, 0.1) is 10.8 Å². The summed E-state index contributed by atoms with van der Waals surface area (Å²) >= 11 is 0. The quantitative estimate of drug-likeness (QED) is 0.718. The summed E-state index contributed by atoms with van der Waals surface area (Å²) in [5, 5.41) is 0. The Morgan fingerprint density at radius 3 is 2.52 bits per heavy atom. The molecule has 1 unspecified atom stereocenters. The molecule has 1 saturated heterocycles. The fourth-order valence-corrected chi connectivity index (χ4v) is 4.62. The van der Waals surface area contributed by atoms with Crippen molar-refractivity contribution in [3.05, 3.63) is 54.4 Å². The Morgan fingerprint density at radius 2 is 1.87 bits per heavy atom. The van der Waals surface area contributed by atoms with Gasteiger partial charge in [0, 0.05) is 51.6 Å². The van der Waals surface area contributed by atoms with Crippen molar-refractivity contribution in [1.82, 2.24) is 14.8 Å². The highest BCUT2D eigenvalue weighted by Gasteiger charge is 2.44. The third-order valence-electron chi connectivity index (χ3n) is 5.99. The summed E-state index contributed by atoms with van der Waals surface area (Å²) in [6.07, 6.45) is 6.34. The van der Waals surface area contributed by atoms with E-state index in [4.69, 9.17) is 0 Å². The molecule has 0 N–H and O–H groups in total. The Labute approximate surface area is 186 Å². The van der Waals surface area contributed by atoms with Crippen LogP contribution < -0.4 is 0 Å². The molecule has 1 aromatic carbocycles. The number of pyridine rings is 1. The van der Waals surface area contributed by atoms with E-state index >= 15 is 0 Å². The number of carbonyl (C=O) groups excluding carboxylic acids is 2. The lowest BCUT2D eigenvalue weighted by Gasteiger charge is -2.44.